The zero-order chi connectivity index (χ0) is 8.10. The summed E-state index contributed by atoms with van der Waals surface area (Å²) in [6.45, 7) is 7.25. The molecule has 0 spiro atoms. The summed E-state index contributed by atoms with van der Waals surface area (Å²) in [5.41, 5.74) is 0. The minimum Gasteiger partial charge on any atom is -0.299 e. The number of likely N-dealkylation sites (tertiary alicyclic amines) is 1. The summed E-state index contributed by atoms with van der Waals surface area (Å²) < 4.78 is 0. The van der Waals surface area contributed by atoms with E-state index in [-0.39, 0.29) is 0 Å². The van der Waals surface area contributed by atoms with Gasteiger partial charge in [-0.05, 0) is 31.1 Å². The SMILES string of the molecule is C=CCN1CCCC(CS)C1. The number of nitrogens with zero attached hydrogens (tertiary/aromatic N) is 1. The molecule has 0 aromatic heterocycles. The van der Waals surface area contributed by atoms with Crippen LogP contribution in [0.2, 0.25) is 0 Å². The highest BCUT2D eigenvalue weighted by atomic mass is 32.1. The van der Waals surface area contributed by atoms with Gasteiger partial charge in [0.05, 0.1) is 0 Å². The zero-order valence-electron chi connectivity index (χ0n) is 7.00. The van der Waals surface area contributed by atoms with E-state index in [0.717, 1.165) is 18.2 Å². The van der Waals surface area contributed by atoms with Crippen molar-refractivity contribution in [3.63, 3.8) is 0 Å². The Morgan fingerprint density at radius 1 is 1.64 bits per heavy atom. The predicted molar refractivity (Wildman–Crippen MR) is 53.2 cm³/mol. The number of piperidine rings is 1. The van der Waals surface area contributed by atoms with Crippen LogP contribution in [0.25, 0.3) is 0 Å². The Morgan fingerprint density at radius 2 is 2.45 bits per heavy atom. The van der Waals surface area contributed by atoms with Crippen molar-refractivity contribution in [1.29, 1.82) is 0 Å². The summed E-state index contributed by atoms with van der Waals surface area (Å²) in [4.78, 5) is 2.46. The van der Waals surface area contributed by atoms with Crippen molar-refractivity contribution < 1.29 is 0 Å². The summed E-state index contributed by atoms with van der Waals surface area (Å²) in [6.07, 6.45) is 4.68. The van der Waals surface area contributed by atoms with Crippen molar-refractivity contribution in [1.82, 2.24) is 4.90 Å². The molecule has 1 aliphatic rings. The third-order valence-corrected chi connectivity index (χ3v) is 2.77. The Morgan fingerprint density at radius 3 is 3.09 bits per heavy atom. The molecule has 1 atom stereocenters. The van der Waals surface area contributed by atoms with Gasteiger partial charge in [0, 0.05) is 13.1 Å². The van der Waals surface area contributed by atoms with E-state index < -0.39 is 0 Å². The zero-order valence-corrected chi connectivity index (χ0v) is 7.89. The lowest BCUT2D eigenvalue weighted by molar-refractivity contribution is 0.204. The van der Waals surface area contributed by atoms with Crippen molar-refractivity contribution in [3.8, 4) is 0 Å². The van der Waals surface area contributed by atoms with E-state index in [1.165, 1.54) is 25.9 Å². The maximum absolute atomic E-state index is 4.32. The summed E-state index contributed by atoms with van der Waals surface area (Å²) in [5, 5.41) is 0. The second-order valence-corrected chi connectivity index (χ2v) is 3.60. The first kappa shape index (κ1) is 9.14. The van der Waals surface area contributed by atoms with E-state index in [9.17, 15) is 0 Å². The van der Waals surface area contributed by atoms with Gasteiger partial charge >= 0.3 is 0 Å². The number of hydrogen-bond acceptors (Lipinski definition) is 2. The molecule has 0 aliphatic carbocycles. The molecule has 1 fully saturated rings. The highest BCUT2D eigenvalue weighted by molar-refractivity contribution is 7.80. The van der Waals surface area contributed by atoms with Gasteiger partial charge in [0.2, 0.25) is 0 Å². The van der Waals surface area contributed by atoms with E-state index in [1.807, 2.05) is 6.08 Å². The minimum absolute atomic E-state index is 0.812. The molecule has 1 unspecified atom stereocenters. The van der Waals surface area contributed by atoms with Crippen LogP contribution in [0.3, 0.4) is 0 Å². The quantitative estimate of drug-likeness (QED) is 0.501. The fraction of sp³-hybridized carbons (Fsp3) is 0.778. The molecule has 0 saturated carbocycles. The fourth-order valence-corrected chi connectivity index (χ4v) is 1.95. The molecule has 0 bridgehead atoms. The summed E-state index contributed by atoms with van der Waals surface area (Å²) >= 11 is 4.32. The van der Waals surface area contributed by atoms with Gasteiger partial charge in [-0.15, -0.1) is 6.58 Å². The van der Waals surface area contributed by atoms with E-state index in [4.69, 9.17) is 0 Å². The van der Waals surface area contributed by atoms with Crippen molar-refractivity contribution >= 4 is 12.6 Å². The third kappa shape index (κ3) is 2.88. The smallest absolute Gasteiger partial charge is 0.0160 e. The Bertz CT molecular complexity index is 125. The highest BCUT2D eigenvalue weighted by Gasteiger charge is 2.16. The van der Waals surface area contributed by atoms with Crippen LogP contribution in [-0.4, -0.2) is 30.3 Å². The molecule has 11 heavy (non-hydrogen) atoms. The molecule has 0 aromatic rings. The largest absolute Gasteiger partial charge is 0.299 e. The first-order valence-electron chi connectivity index (χ1n) is 4.31. The molecular weight excluding hydrogens is 154 g/mol. The average Bonchev–Trinajstić information content (AvgIpc) is 2.06. The standard InChI is InChI=1S/C9H17NS/c1-2-5-10-6-3-4-9(7-10)8-11/h2,9,11H,1,3-8H2. The molecule has 0 aromatic carbocycles. The van der Waals surface area contributed by atoms with Gasteiger partial charge in [0.15, 0.2) is 0 Å². The minimum atomic E-state index is 0.812. The van der Waals surface area contributed by atoms with Gasteiger partial charge in [-0.2, -0.15) is 12.6 Å². The second-order valence-electron chi connectivity index (χ2n) is 3.24. The number of hydrogen-bond donors (Lipinski definition) is 1. The van der Waals surface area contributed by atoms with E-state index >= 15 is 0 Å². The van der Waals surface area contributed by atoms with Crippen LogP contribution in [0.15, 0.2) is 12.7 Å². The highest BCUT2D eigenvalue weighted by Crippen LogP contribution is 2.16. The predicted octanol–water partition coefficient (Wildman–Crippen LogP) is 1.81. The molecule has 0 amide bonds. The summed E-state index contributed by atoms with van der Waals surface area (Å²) in [6, 6.07) is 0. The Balaban J connectivity index is 2.27. The third-order valence-electron chi connectivity index (χ3n) is 2.25. The second kappa shape index (κ2) is 4.83. The van der Waals surface area contributed by atoms with Crippen LogP contribution in [0.4, 0.5) is 0 Å². The van der Waals surface area contributed by atoms with Crippen LogP contribution >= 0.6 is 12.6 Å². The van der Waals surface area contributed by atoms with Crippen LogP contribution in [0.1, 0.15) is 12.8 Å². The number of thiol groups is 1. The van der Waals surface area contributed by atoms with Gasteiger partial charge in [0.25, 0.3) is 0 Å². The van der Waals surface area contributed by atoms with Crippen LogP contribution in [0.5, 0.6) is 0 Å². The van der Waals surface area contributed by atoms with Gasteiger partial charge in [-0.25, -0.2) is 0 Å². The molecule has 1 aliphatic heterocycles. The molecule has 1 heterocycles. The first-order valence-corrected chi connectivity index (χ1v) is 4.94. The van der Waals surface area contributed by atoms with Crippen molar-refractivity contribution in [2.24, 2.45) is 5.92 Å². The fourth-order valence-electron chi connectivity index (χ4n) is 1.65. The normalized spacial score (nSPS) is 26.8. The van der Waals surface area contributed by atoms with Crippen LogP contribution in [0, 0.1) is 5.92 Å². The molecule has 1 nitrogen and oxygen atoms in total. The van der Waals surface area contributed by atoms with E-state index in [0.29, 0.717) is 0 Å². The average molecular weight is 171 g/mol. The lowest BCUT2D eigenvalue weighted by Crippen LogP contribution is -2.36. The van der Waals surface area contributed by atoms with Crippen LogP contribution in [-0.2, 0) is 0 Å². The molecule has 2 heteroatoms. The maximum atomic E-state index is 4.32. The van der Waals surface area contributed by atoms with Crippen LogP contribution < -0.4 is 0 Å². The van der Waals surface area contributed by atoms with Gasteiger partial charge in [0.1, 0.15) is 0 Å². The van der Waals surface area contributed by atoms with Crippen molar-refractivity contribution in [3.05, 3.63) is 12.7 Å². The summed E-state index contributed by atoms with van der Waals surface area (Å²) in [7, 11) is 0. The van der Waals surface area contributed by atoms with E-state index in [1.54, 1.807) is 0 Å². The van der Waals surface area contributed by atoms with Crippen molar-refractivity contribution in [2.75, 3.05) is 25.4 Å². The van der Waals surface area contributed by atoms with Gasteiger partial charge in [-0.3, -0.25) is 4.90 Å². The Hall–Kier alpha value is 0.0500. The lowest BCUT2D eigenvalue weighted by atomic mass is 10.0. The molecular formula is C9H17NS. The monoisotopic (exact) mass is 171 g/mol. The maximum Gasteiger partial charge on any atom is 0.0160 e. The molecule has 1 saturated heterocycles. The van der Waals surface area contributed by atoms with E-state index in [2.05, 4.69) is 24.1 Å². The van der Waals surface area contributed by atoms with Gasteiger partial charge in [-0.1, -0.05) is 6.08 Å². The first-order chi connectivity index (χ1) is 5.36. The topological polar surface area (TPSA) is 3.24 Å². The Labute approximate surface area is 74.9 Å². The molecule has 0 N–H and O–H groups in total. The number of rotatable bonds is 3. The van der Waals surface area contributed by atoms with Gasteiger partial charge < -0.3 is 0 Å². The molecule has 64 valence electrons. The summed E-state index contributed by atoms with van der Waals surface area (Å²) in [5.74, 6) is 1.85. The van der Waals surface area contributed by atoms with Crippen molar-refractivity contribution in [2.45, 2.75) is 12.8 Å². The molecule has 1 rings (SSSR count). The lowest BCUT2D eigenvalue weighted by Gasteiger charge is -2.30. The Kier molecular flexibility index (Phi) is 4.02. The molecule has 0 radical (unpaired) electrons.